The third-order valence-electron chi connectivity index (χ3n) is 3.14. The molecule has 1 unspecified atom stereocenters. The van der Waals surface area contributed by atoms with Gasteiger partial charge in [0.2, 0.25) is 0 Å². The first-order valence-corrected chi connectivity index (χ1v) is 9.75. The monoisotopic (exact) mass is 364 g/mol. The summed E-state index contributed by atoms with van der Waals surface area (Å²) in [4.78, 5) is 0. The maximum absolute atomic E-state index is 10.5. The van der Waals surface area contributed by atoms with Gasteiger partial charge in [0.25, 0.3) is 10.1 Å². The van der Waals surface area contributed by atoms with E-state index < -0.39 is 10.1 Å². The van der Waals surface area contributed by atoms with Gasteiger partial charge in [0.1, 0.15) is 0 Å². The molecule has 0 bridgehead atoms. The summed E-state index contributed by atoms with van der Waals surface area (Å²) in [6.07, 6.45) is 4.71. The van der Waals surface area contributed by atoms with Crippen molar-refractivity contribution in [2.75, 3.05) is 45.4 Å². The SMILES string of the molecule is CCCCC(C)COCCOCCOCCCCS(=O)(=O)O.[NaH]. The predicted molar refractivity (Wildman–Crippen MR) is 93.9 cm³/mol. The second-order valence-corrected chi connectivity index (χ2v) is 7.11. The molecule has 0 aliphatic carbocycles. The van der Waals surface area contributed by atoms with Gasteiger partial charge in [-0.2, -0.15) is 8.42 Å². The quantitative estimate of drug-likeness (QED) is 0.256. The van der Waals surface area contributed by atoms with Gasteiger partial charge in [0, 0.05) is 13.2 Å². The molecule has 136 valence electrons. The minimum atomic E-state index is -3.84. The Hall–Kier alpha value is 0.790. The van der Waals surface area contributed by atoms with E-state index in [2.05, 4.69) is 13.8 Å². The third-order valence-corrected chi connectivity index (χ3v) is 3.94. The van der Waals surface area contributed by atoms with Crippen LogP contribution in [0.3, 0.4) is 0 Å². The Balaban J connectivity index is 0. The molecular formula is C15H33NaO6S. The zero-order valence-corrected chi connectivity index (χ0v) is 14.8. The maximum atomic E-state index is 10.5. The Kier molecular flexibility index (Phi) is 19.9. The fourth-order valence-corrected chi connectivity index (χ4v) is 2.42. The van der Waals surface area contributed by atoms with Gasteiger partial charge in [0.15, 0.2) is 0 Å². The van der Waals surface area contributed by atoms with Gasteiger partial charge in [-0.15, -0.1) is 0 Å². The Bertz CT molecular complexity index is 337. The van der Waals surface area contributed by atoms with Crippen LogP contribution in [-0.4, -0.2) is 87.9 Å². The van der Waals surface area contributed by atoms with Crippen LogP contribution < -0.4 is 0 Å². The van der Waals surface area contributed by atoms with E-state index in [4.69, 9.17) is 18.8 Å². The molecule has 0 aromatic carbocycles. The van der Waals surface area contributed by atoms with Crippen molar-refractivity contribution in [3.63, 3.8) is 0 Å². The molecule has 0 saturated carbocycles. The molecule has 1 atom stereocenters. The van der Waals surface area contributed by atoms with Crippen LogP contribution >= 0.6 is 0 Å². The summed E-state index contributed by atoms with van der Waals surface area (Å²) in [6, 6.07) is 0. The molecule has 0 spiro atoms. The summed E-state index contributed by atoms with van der Waals surface area (Å²) in [5, 5.41) is 0. The topological polar surface area (TPSA) is 82.1 Å². The van der Waals surface area contributed by atoms with E-state index >= 15 is 0 Å². The summed E-state index contributed by atoms with van der Waals surface area (Å²) >= 11 is 0. The molecular weight excluding hydrogens is 331 g/mol. The zero-order chi connectivity index (χ0) is 16.7. The van der Waals surface area contributed by atoms with E-state index in [1.54, 1.807) is 0 Å². The molecule has 0 heterocycles. The summed E-state index contributed by atoms with van der Waals surface area (Å²) in [5.41, 5.74) is 0. The van der Waals surface area contributed by atoms with Crippen LogP contribution in [0.2, 0.25) is 0 Å². The van der Waals surface area contributed by atoms with Crippen LogP contribution in [-0.2, 0) is 24.3 Å². The molecule has 0 rings (SSSR count). The second kappa shape index (κ2) is 17.6. The van der Waals surface area contributed by atoms with Crippen LogP contribution in [0.5, 0.6) is 0 Å². The molecule has 0 aromatic rings. The molecule has 8 heteroatoms. The normalized spacial score (nSPS) is 12.8. The van der Waals surface area contributed by atoms with Crippen LogP contribution in [0.15, 0.2) is 0 Å². The number of rotatable bonds is 16. The van der Waals surface area contributed by atoms with Gasteiger partial charge in [-0.3, -0.25) is 4.55 Å². The number of hydrogen-bond acceptors (Lipinski definition) is 5. The van der Waals surface area contributed by atoms with Crippen LogP contribution in [0.4, 0.5) is 0 Å². The molecule has 0 amide bonds. The molecule has 0 saturated heterocycles. The van der Waals surface area contributed by atoms with Crippen LogP contribution in [0, 0.1) is 5.92 Å². The van der Waals surface area contributed by atoms with E-state index in [1.165, 1.54) is 19.3 Å². The fraction of sp³-hybridized carbons (Fsp3) is 1.00. The number of hydrogen-bond donors (Lipinski definition) is 1. The van der Waals surface area contributed by atoms with Crippen molar-refractivity contribution >= 4 is 39.7 Å². The molecule has 0 aliphatic heterocycles. The minimum absolute atomic E-state index is 0. The Morgan fingerprint density at radius 2 is 1.48 bits per heavy atom. The van der Waals surface area contributed by atoms with Crippen molar-refractivity contribution in [1.82, 2.24) is 0 Å². The average molecular weight is 364 g/mol. The summed E-state index contributed by atoms with van der Waals surface area (Å²) in [6.45, 7) is 7.81. The third kappa shape index (κ3) is 22.8. The van der Waals surface area contributed by atoms with Crippen molar-refractivity contribution in [2.45, 2.75) is 46.0 Å². The van der Waals surface area contributed by atoms with E-state index in [0.717, 1.165) is 6.61 Å². The molecule has 0 aliphatic rings. The molecule has 23 heavy (non-hydrogen) atoms. The first-order valence-electron chi connectivity index (χ1n) is 8.14. The zero-order valence-electron chi connectivity index (χ0n) is 14.0. The first kappa shape index (κ1) is 26.0. The van der Waals surface area contributed by atoms with Crippen molar-refractivity contribution in [3.05, 3.63) is 0 Å². The Labute approximate surface area is 163 Å². The Morgan fingerprint density at radius 3 is 2.04 bits per heavy atom. The van der Waals surface area contributed by atoms with Crippen molar-refractivity contribution in [1.29, 1.82) is 0 Å². The number of ether oxygens (including phenoxy) is 3. The molecule has 6 nitrogen and oxygen atoms in total. The van der Waals surface area contributed by atoms with Crippen molar-refractivity contribution in [3.8, 4) is 0 Å². The van der Waals surface area contributed by atoms with E-state index in [9.17, 15) is 8.42 Å². The summed E-state index contributed by atoms with van der Waals surface area (Å²) in [5.74, 6) is 0.395. The van der Waals surface area contributed by atoms with Gasteiger partial charge in [-0.1, -0.05) is 26.7 Å². The predicted octanol–water partition coefficient (Wildman–Crippen LogP) is 1.88. The second-order valence-electron chi connectivity index (χ2n) is 5.54. The molecule has 1 N–H and O–H groups in total. The average Bonchev–Trinajstić information content (AvgIpc) is 2.45. The van der Waals surface area contributed by atoms with Crippen molar-refractivity contribution < 1.29 is 27.2 Å². The van der Waals surface area contributed by atoms with Crippen LogP contribution in [0.1, 0.15) is 46.0 Å². The van der Waals surface area contributed by atoms with Gasteiger partial charge in [-0.05, 0) is 25.2 Å². The standard InChI is InChI=1S/C15H32O6S.Na.H/c1-3-4-7-15(2)14-21-12-11-20-10-9-19-8-5-6-13-22(16,17)18;;/h15H,3-14H2,1-2H3,(H,16,17,18);;. The van der Waals surface area contributed by atoms with Gasteiger partial charge >= 0.3 is 29.6 Å². The molecule has 0 fully saturated rings. The van der Waals surface area contributed by atoms with Crippen LogP contribution in [0.25, 0.3) is 0 Å². The van der Waals surface area contributed by atoms with Crippen molar-refractivity contribution in [2.24, 2.45) is 5.92 Å². The molecule has 0 radical (unpaired) electrons. The Morgan fingerprint density at radius 1 is 0.913 bits per heavy atom. The molecule has 0 aromatic heterocycles. The number of unbranched alkanes of at least 4 members (excludes halogenated alkanes) is 2. The van der Waals surface area contributed by atoms with Gasteiger partial charge < -0.3 is 14.2 Å². The van der Waals surface area contributed by atoms with Gasteiger partial charge in [-0.25, -0.2) is 0 Å². The first-order chi connectivity index (χ1) is 10.5. The van der Waals surface area contributed by atoms with Gasteiger partial charge in [0.05, 0.1) is 32.2 Å². The summed E-state index contributed by atoms with van der Waals surface area (Å²) in [7, 11) is -3.84. The van der Waals surface area contributed by atoms with E-state index in [1.807, 2.05) is 0 Å². The fourth-order valence-electron chi connectivity index (χ4n) is 1.85. The van der Waals surface area contributed by atoms with E-state index in [0.29, 0.717) is 51.8 Å². The van der Waals surface area contributed by atoms with E-state index in [-0.39, 0.29) is 35.3 Å². The summed E-state index contributed by atoms with van der Waals surface area (Å²) < 4.78 is 45.7.